The lowest BCUT2D eigenvalue weighted by Crippen LogP contribution is -2.29. The third kappa shape index (κ3) is 6.98. The van der Waals surface area contributed by atoms with Gasteiger partial charge in [-0.1, -0.05) is 173 Å². The molecule has 0 saturated carbocycles. The van der Waals surface area contributed by atoms with E-state index < -0.39 is 0 Å². The Kier molecular flexibility index (Phi) is 9.85. The SMILES string of the molecule is CC(C)(C)c1ccnc(-n2c3ccccc3c3ccc(Oc4cc(N5CN(c6c(-c7ccccc7)ccc7c6-c6ccccc6C7(C)C)c6ccccc65)c(C(C)(C)C)nc4C(C)(C)C)cc32)c1. The van der Waals surface area contributed by atoms with E-state index in [0.717, 1.165) is 62.2 Å². The second-order valence-corrected chi connectivity index (χ2v) is 22.4. The van der Waals surface area contributed by atoms with Gasteiger partial charge in [0, 0.05) is 56.5 Å². The minimum absolute atomic E-state index is 0.0292. The van der Waals surface area contributed by atoms with E-state index in [0.29, 0.717) is 6.67 Å². The first kappa shape index (κ1) is 43.4. The zero-order valence-electron chi connectivity index (χ0n) is 41.4. The molecular formula is C62H61N5O. The van der Waals surface area contributed by atoms with Crippen LogP contribution in [0.25, 0.3) is 49.9 Å². The van der Waals surface area contributed by atoms with Crippen LogP contribution in [0.3, 0.4) is 0 Å². The van der Waals surface area contributed by atoms with Crippen LogP contribution in [0.5, 0.6) is 11.5 Å². The summed E-state index contributed by atoms with van der Waals surface area (Å²) in [5.74, 6) is 2.37. The van der Waals surface area contributed by atoms with Crippen LogP contribution in [0.1, 0.15) is 104 Å². The van der Waals surface area contributed by atoms with Crippen LogP contribution in [-0.2, 0) is 21.7 Å². The number of fused-ring (bicyclic) bond motifs is 7. The molecule has 0 amide bonds. The molecule has 0 N–H and O–H groups in total. The van der Waals surface area contributed by atoms with E-state index in [1.807, 2.05) is 6.20 Å². The lowest BCUT2D eigenvalue weighted by atomic mass is 9.82. The molecule has 0 fully saturated rings. The number of aromatic nitrogens is 3. The first-order chi connectivity index (χ1) is 32.4. The van der Waals surface area contributed by atoms with Gasteiger partial charge in [-0.25, -0.2) is 4.98 Å². The summed E-state index contributed by atoms with van der Waals surface area (Å²) in [5.41, 5.74) is 16.8. The summed E-state index contributed by atoms with van der Waals surface area (Å²) in [4.78, 5) is 15.7. The van der Waals surface area contributed by atoms with E-state index in [1.165, 1.54) is 50.0 Å². The Morgan fingerprint density at radius 1 is 0.529 bits per heavy atom. The van der Waals surface area contributed by atoms with E-state index in [9.17, 15) is 0 Å². The van der Waals surface area contributed by atoms with E-state index in [1.54, 1.807) is 0 Å². The maximum Gasteiger partial charge on any atom is 0.151 e. The van der Waals surface area contributed by atoms with Crippen molar-refractivity contribution in [2.45, 2.75) is 97.8 Å². The zero-order chi connectivity index (χ0) is 47.5. The smallest absolute Gasteiger partial charge is 0.151 e. The number of hydrogen-bond acceptors (Lipinski definition) is 5. The molecule has 340 valence electrons. The summed E-state index contributed by atoms with van der Waals surface area (Å²) >= 11 is 0. The summed E-state index contributed by atoms with van der Waals surface area (Å²) in [6.07, 6.45) is 1.93. The Labute approximate surface area is 401 Å². The number of para-hydroxylation sites is 3. The van der Waals surface area contributed by atoms with Crippen molar-refractivity contribution in [3.8, 4) is 39.6 Å². The fourth-order valence-electron chi connectivity index (χ4n) is 10.8. The van der Waals surface area contributed by atoms with Crippen LogP contribution in [0.15, 0.2) is 158 Å². The number of nitrogens with zero attached hydrogens (tertiary/aromatic N) is 5. The molecule has 6 heteroatoms. The highest BCUT2D eigenvalue weighted by Gasteiger charge is 2.42. The Balaban J connectivity index is 1.09. The maximum atomic E-state index is 7.24. The second kappa shape index (κ2) is 15.4. The number of benzene rings is 6. The first-order valence-electron chi connectivity index (χ1n) is 24.1. The molecule has 68 heavy (non-hydrogen) atoms. The van der Waals surface area contributed by atoms with Crippen molar-refractivity contribution in [3.05, 3.63) is 186 Å². The van der Waals surface area contributed by atoms with Gasteiger partial charge in [0.2, 0.25) is 0 Å². The molecule has 1 aliphatic carbocycles. The third-order valence-electron chi connectivity index (χ3n) is 14.2. The lowest BCUT2D eigenvalue weighted by Gasteiger charge is -2.32. The molecule has 11 rings (SSSR count). The largest absolute Gasteiger partial charge is 0.455 e. The minimum atomic E-state index is -0.325. The molecule has 0 bridgehead atoms. The van der Waals surface area contributed by atoms with E-state index >= 15 is 0 Å². The van der Waals surface area contributed by atoms with Crippen molar-refractivity contribution < 1.29 is 4.74 Å². The van der Waals surface area contributed by atoms with Crippen LogP contribution >= 0.6 is 0 Å². The maximum absolute atomic E-state index is 7.24. The number of anilines is 4. The number of pyridine rings is 2. The molecule has 6 nitrogen and oxygen atoms in total. The van der Waals surface area contributed by atoms with Crippen LogP contribution in [0.4, 0.5) is 22.7 Å². The van der Waals surface area contributed by atoms with Crippen molar-refractivity contribution in [2.24, 2.45) is 0 Å². The van der Waals surface area contributed by atoms with Crippen molar-refractivity contribution in [1.82, 2.24) is 14.5 Å². The Hall–Kier alpha value is -7.18. The van der Waals surface area contributed by atoms with Crippen LogP contribution in [-0.4, -0.2) is 21.2 Å². The molecule has 4 heterocycles. The molecule has 0 spiro atoms. The van der Waals surface area contributed by atoms with E-state index in [4.69, 9.17) is 14.7 Å². The number of ether oxygens (including phenoxy) is 1. The molecule has 3 aromatic heterocycles. The van der Waals surface area contributed by atoms with Crippen molar-refractivity contribution >= 4 is 44.6 Å². The molecule has 0 radical (unpaired) electrons. The van der Waals surface area contributed by atoms with Crippen molar-refractivity contribution in [1.29, 1.82) is 0 Å². The fourth-order valence-corrected chi connectivity index (χ4v) is 10.8. The fraction of sp³-hybridized carbons (Fsp3) is 0.258. The summed E-state index contributed by atoms with van der Waals surface area (Å²) in [7, 11) is 0. The lowest BCUT2D eigenvalue weighted by molar-refractivity contribution is 0.441. The number of rotatable bonds is 6. The normalized spacial score (nSPS) is 14.4. The van der Waals surface area contributed by atoms with Gasteiger partial charge in [0.25, 0.3) is 0 Å². The molecule has 2 aliphatic rings. The summed E-state index contributed by atoms with van der Waals surface area (Å²) < 4.78 is 9.52. The summed E-state index contributed by atoms with van der Waals surface area (Å²) in [6.45, 7) is 25.6. The van der Waals surface area contributed by atoms with E-state index in [2.05, 4.69) is 242 Å². The Bertz CT molecular complexity index is 3450. The highest BCUT2D eigenvalue weighted by molar-refractivity contribution is 6.09. The quantitative estimate of drug-likeness (QED) is 0.166. The van der Waals surface area contributed by atoms with Gasteiger partial charge in [0.1, 0.15) is 18.2 Å². The van der Waals surface area contributed by atoms with E-state index in [-0.39, 0.29) is 21.7 Å². The monoisotopic (exact) mass is 891 g/mol. The van der Waals surface area contributed by atoms with Crippen molar-refractivity contribution in [2.75, 3.05) is 16.5 Å². The van der Waals surface area contributed by atoms with Gasteiger partial charge < -0.3 is 14.5 Å². The second-order valence-electron chi connectivity index (χ2n) is 22.4. The molecular weight excluding hydrogens is 831 g/mol. The first-order valence-corrected chi connectivity index (χ1v) is 24.1. The van der Waals surface area contributed by atoms with Gasteiger partial charge in [-0.3, -0.25) is 9.55 Å². The Morgan fingerprint density at radius 3 is 1.93 bits per heavy atom. The van der Waals surface area contributed by atoms with Gasteiger partial charge in [-0.2, -0.15) is 0 Å². The minimum Gasteiger partial charge on any atom is -0.455 e. The van der Waals surface area contributed by atoms with Crippen LogP contribution < -0.4 is 14.5 Å². The molecule has 1 aliphatic heterocycles. The molecule has 0 atom stereocenters. The average molecular weight is 892 g/mol. The number of hydrogen-bond donors (Lipinski definition) is 0. The summed E-state index contributed by atoms with van der Waals surface area (Å²) in [5, 5.41) is 2.32. The molecule has 0 unspecified atom stereocenters. The highest BCUT2D eigenvalue weighted by Crippen LogP contribution is 2.58. The standard InChI is InChI=1S/C62H61N5O/c1-59(2,3)40-33-34-63-54(35-40)67-48-26-18-16-23-43(48)44-30-29-41(36-51(44)67)68-53-37-52(57(60(4,5)6)64-58(53)61(7,8)9)65-38-66(50-28-20-19-27-49(50)65)56-42(39-21-13-12-14-22-39)31-32-47-55(56)45-24-15-17-25-46(45)62(47,10)11/h12-37H,38H2,1-11H3. The molecule has 0 saturated heterocycles. The predicted octanol–water partition coefficient (Wildman–Crippen LogP) is 16.5. The zero-order valence-corrected chi connectivity index (χ0v) is 41.4. The van der Waals surface area contributed by atoms with Crippen molar-refractivity contribution in [3.63, 3.8) is 0 Å². The topological polar surface area (TPSA) is 46.4 Å². The van der Waals surface area contributed by atoms with Gasteiger partial charge >= 0.3 is 0 Å². The predicted molar refractivity (Wildman–Crippen MR) is 284 cm³/mol. The van der Waals surface area contributed by atoms with Crippen LogP contribution in [0.2, 0.25) is 0 Å². The van der Waals surface area contributed by atoms with Gasteiger partial charge in [-0.05, 0) is 75.7 Å². The summed E-state index contributed by atoms with van der Waals surface area (Å²) in [6, 6.07) is 55.2. The molecule has 9 aromatic rings. The third-order valence-corrected chi connectivity index (χ3v) is 14.2. The van der Waals surface area contributed by atoms with Gasteiger partial charge in [0.05, 0.1) is 45.2 Å². The van der Waals surface area contributed by atoms with Gasteiger partial charge in [0.15, 0.2) is 5.75 Å². The Morgan fingerprint density at radius 2 is 1.19 bits per heavy atom. The van der Waals surface area contributed by atoms with Crippen LogP contribution in [0, 0.1) is 0 Å². The average Bonchev–Trinajstić information content (AvgIpc) is 3.93. The highest BCUT2D eigenvalue weighted by atomic mass is 16.5. The van der Waals surface area contributed by atoms with Gasteiger partial charge in [-0.15, -0.1) is 0 Å². The molecule has 6 aromatic carbocycles.